The van der Waals surface area contributed by atoms with Gasteiger partial charge in [-0.15, -0.1) is 0 Å². The summed E-state index contributed by atoms with van der Waals surface area (Å²) in [4.78, 5) is 18.1. The molecule has 7 heteroatoms. The third-order valence-corrected chi connectivity index (χ3v) is 8.81. The molecule has 30 heavy (non-hydrogen) atoms. The molecule has 1 amide bonds. The highest BCUT2D eigenvalue weighted by Gasteiger charge is 2.31. The van der Waals surface area contributed by atoms with E-state index in [1.165, 1.54) is 6.42 Å². The first-order valence-electron chi connectivity index (χ1n) is 11.7. The van der Waals surface area contributed by atoms with E-state index in [0.29, 0.717) is 18.7 Å². The number of sulfonamides is 1. The van der Waals surface area contributed by atoms with Crippen LogP contribution in [-0.2, 0) is 10.0 Å². The Labute approximate surface area is 181 Å². The quantitative estimate of drug-likeness (QED) is 0.723. The van der Waals surface area contributed by atoms with Crippen molar-refractivity contribution in [2.75, 3.05) is 37.6 Å². The molecule has 0 aliphatic carbocycles. The molecule has 3 aliphatic heterocycles. The molecule has 0 aromatic heterocycles. The van der Waals surface area contributed by atoms with E-state index in [4.69, 9.17) is 0 Å². The van der Waals surface area contributed by atoms with Gasteiger partial charge in [0.2, 0.25) is 10.0 Å². The molecule has 0 N–H and O–H groups in total. The second-order valence-corrected chi connectivity index (χ2v) is 11.0. The van der Waals surface area contributed by atoms with E-state index in [9.17, 15) is 13.2 Å². The molecular weight excluding hydrogens is 398 g/mol. The van der Waals surface area contributed by atoms with Crippen LogP contribution in [-0.4, -0.2) is 62.3 Å². The van der Waals surface area contributed by atoms with E-state index >= 15 is 0 Å². The number of carbonyl (C=O) groups excluding carboxylic acids is 1. The van der Waals surface area contributed by atoms with E-state index in [1.807, 2.05) is 11.0 Å². The SMILES string of the molecule is CC1CCCCN1C(=O)c1cc(S(=O)(=O)N2CCCCC2)ccc1N1CCCCC1. The zero-order valence-corrected chi connectivity index (χ0v) is 19.0. The van der Waals surface area contributed by atoms with Gasteiger partial charge in [-0.05, 0) is 76.5 Å². The molecule has 166 valence electrons. The van der Waals surface area contributed by atoms with Crippen molar-refractivity contribution in [3.05, 3.63) is 23.8 Å². The summed E-state index contributed by atoms with van der Waals surface area (Å²) in [5, 5.41) is 0. The second-order valence-electron chi connectivity index (χ2n) is 9.03. The number of rotatable bonds is 4. The van der Waals surface area contributed by atoms with Gasteiger partial charge in [0.15, 0.2) is 0 Å². The summed E-state index contributed by atoms with van der Waals surface area (Å²) in [6.45, 7) is 5.85. The number of anilines is 1. The standard InChI is InChI=1S/C23H35N3O3S/c1-19-10-4-9-17-26(19)23(27)21-18-20(30(28,29)25-15-7-3-8-16-25)11-12-22(21)24-13-5-2-6-14-24/h11-12,18-19H,2-10,13-17H2,1H3. The molecule has 6 nitrogen and oxygen atoms in total. The Bertz CT molecular complexity index is 858. The maximum absolute atomic E-state index is 13.6. The van der Waals surface area contributed by atoms with Crippen LogP contribution in [0, 0.1) is 0 Å². The normalized spacial score (nSPS) is 24.1. The summed E-state index contributed by atoms with van der Waals surface area (Å²) in [5.41, 5.74) is 1.46. The van der Waals surface area contributed by atoms with Gasteiger partial charge < -0.3 is 9.80 Å². The maximum Gasteiger partial charge on any atom is 0.256 e. The Hall–Kier alpha value is -1.60. The maximum atomic E-state index is 13.6. The van der Waals surface area contributed by atoms with Crippen LogP contribution in [0.1, 0.15) is 75.1 Å². The summed E-state index contributed by atoms with van der Waals surface area (Å²) < 4.78 is 28.1. The Kier molecular flexibility index (Phi) is 6.68. The van der Waals surface area contributed by atoms with Crippen molar-refractivity contribution in [1.82, 2.24) is 9.21 Å². The molecule has 1 aromatic rings. The molecule has 0 radical (unpaired) electrons. The monoisotopic (exact) mass is 433 g/mol. The minimum absolute atomic E-state index is 0.0153. The van der Waals surface area contributed by atoms with Crippen LogP contribution in [0.15, 0.2) is 23.1 Å². The molecule has 1 unspecified atom stereocenters. The number of amides is 1. The van der Waals surface area contributed by atoms with E-state index in [0.717, 1.165) is 76.7 Å². The van der Waals surface area contributed by atoms with Crippen molar-refractivity contribution in [2.24, 2.45) is 0 Å². The molecule has 3 fully saturated rings. The molecule has 3 aliphatic rings. The average molecular weight is 434 g/mol. The van der Waals surface area contributed by atoms with E-state index in [-0.39, 0.29) is 16.8 Å². The first-order chi connectivity index (χ1) is 14.5. The summed E-state index contributed by atoms with van der Waals surface area (Å²) in [5.74, 6) is -0.0153. The van der Waals surface area contributed by atoms with Crippen molar-refractivity contribution < 1.29 is 13.2 Å². The zero-order valence-electron chi connectivity index (χ0n) is 18.2. The number of hydrogen-bond acceptors (Lipinski definition) is 4. The van der Waals surface area contributed by atoms with E-state index in [1.54, 1.807) is 16.4 Å². The minimum atomic E-state index is -3.57. The highest BCUT2D eigenvalue weighted by atomic mass is 32.2. The Morgan fingerprint density at radius 2 is 1.50 bits per heavy atom. The third kappa shape index (κ3) is 4.37. The van der Waals surface area contributed by atoms with E-state index in [2.05, 4.69) is 11.8 Å². The highest BCUT2D eigenvalue weighted by molar-refractivity contribution is 7.89. The molecular formula is C23H35N3O3S. The van der Waals surface area contributed by atoms with Crippen LogP contribution in [0.5, 0.6) is 0 Å². The predicted molar refractivity (Wildman–Crippen MR) is 119 cm³/mol. The number of hydrogen-bond donors (Lipinski definition) is 0. The molecule has 0 spiro atoms. The minimum Gasteiger partial charge on any atom is -0.371 e. The second kappa shape index (κ2) is 9.27. The lowest BCUT2D eigenvalue weighted by molar-refractivity contribution is 0.0636. The number of piperidine rings is 3. The van der Waals surface area contributed by atoms with Crippen molar-refractivity contribution in [1.29, 1.82) is 0 Å². The summed E-state index contributed by atoms with van der Waals surface area (Å²) in [6, 6.07) is 5.45. The lowest BCUT2D eigenvalue weighted by Crippen LogP contribution is -2.43. The smallest absolute Gasteiger partial charge is 0.256 e. The first-order valence-corrected chi connectivity index (χ1v) is 13.1. The van der Waals surface area contributed by atoms with Crippen molar-refractivity contribution >= 4 is 21.6 Å². The fourth-order valence-corrected chi connectivity index (χ4v) is 6.61. The van der Waals surface area contributed by atoms with Gasteiger partial charge in [-0.25, -0.2) is 8.42 Å². The van der Waals surface area contributed by atoms with Gasteiger partial charge in [-0.1, -0.05) is 6.42 Å². The molecule has 4 rings (SSSR count). The van der Waals surface area contributed by atoms with Crippen LogP contribution >= 0.6 is 0 Å². The van der Waals surface area contributed by atoms with Gasteiger partial charge in [0.25, 0.3) is 5.91 Å². The van der Waals surface area contributed by atoms with Crippen LogP contribution in [0.25, 0.3) is 0 Å². The lowest BCUT2D eigenvalue weighted by atomic mass is 10.0. The van der Waals surface area contributed by atoms with Crippen LogP contribution in [0.4, 0.5) is 5.69 Å². The zero-order chi connectivity index (χ0) is 21.1. The fourth-order valence-electron chi connectivity index (χ4n) is 5.07. The predicted octanol–water partition coefficient (Wildman–Crippen LogP) is 3.87. The van der Waals surface area contributed by atoms with E-state index < -0.39 is 10.0 Å². The molecule has 0 bridgehead atoms. The first kappa shape index (κ1) is 21.6. The van der Waals surface area contributed by atoms with Crippen molar-refractivity contribution in [2.45, 2.75) is 75.6 Å². The van der Waals surface area contributed by atoms with Gasteiger partial charge in [0, 0.05) is 44.5 Å². The largest absolute Gasteiger partial charge is 0.371 e. The van der Waals surface area contributed by atoms with Gasteiger partial charge in [0.1, 0.15) is 0 Å². The molecule has 1 atom stereocenters. The Balaban J connectivity index is 1.71. The summed E-state index contributed by atoms with van der Waals surface area (Å²) >= 11 is 0. The topological polar surface area (TPSA) is 60.9 Å². The highest BCUT2D eigenvalue weighted by Crippen LogP contribution is 2.31. The number of carbonyl (C=O) groups is 1. The fraction of sp³-hybridized carbons (Fsp3) is 0.696. The number of nitrogens with zero attached hydrogens (tertiary/aromatic N) is 3. The number of likely N-dealkylation sites (tertiary alicyclic amines) is 1. The third-order valence-electron chi connectivity index (χ3n) is 6.91. The molecule has 1 aromatic carbocycles. The molecule has 3 heterocycles. The number of benzene rings is 1. The summed E-state index contributed by atoms with van der Waals surface area (Å²) in [7, 11) is -3.57. The van der Waals surface area contributed by atoms with Crippen LogP contribution in [0.2, 0.25) is 0 Å². The van der Waals surface area contributed by atoms with Gasteiger partial charge in [-0.2, -0.15) is 4.31 Å². The average Bonchev–Trinajstić information content (AvgIpc) is 2.80. The lowest BCUT2D eigenvalue weighted by Gasteiger charge is -2.36. The summed E-state index contributed by atoms with van der Waals surface area (Å²) in [6.07, 6.45) is 9.50. The van der Waals surface area contributed by atoms with Gasteiger partial charge >= 0.3 is 0 Å². The Morgan fingerprint density at radius 3 is 2.17 bits per heavy atom. The van der Waals surface area contributed by atoms with Gasteiger partial charge in [0.05, 0.1) is 10.5 Å². The molecule has 3 saturated heterocycles. The Morgan fingerprint density at radius 1 is 0.867 bits per heavy atom. The van der Waals surface area contributed by atoms with Crippen molar-refractivity contribution in [3.63, 3.8) is 0 Å². The van der Waals surface area contributed by atoms with Crippen LogP contribution < -0.4 is 4.90 Å². The van der Waals surface area contributed by atoms with Crippen LogP contribution in [0.3, 0.4) is 0 Å². The molecule has 0 saturated carbocycles. The van der Waals surface area contributed by atoms with Gasteiger partial charge in [-0.3, -0.25) is 4.79 Å². The van der Waals surface area contributed by atoms with Crippen molar-refractivity contribution in [3.8, 4) is 0 Å².